The molecular formula is C15H21NO4S. The van der Waals surface area contributed by atoms with Crippen molar-refractivity contribution in [3.8, 4) is 5.75 Å². The first-order valence-electron chi connectivity index (χ1n) is 6.85. The molecule has 2 atom stereocenters. The van der Waals surface area contributed by atoms with E-state index >= 15 is 0 Å². The highest BCUT2D eigenvalue weighted by Crippen LogP contribution is 2.24. The van der Waals surface area contributed by atoms with Crippen LogP contribution in [0, 0.1) is 13.8 Å². The summed E-state index contributed by atoms with van der Waals surface area (Å²) >= 11 is 0. The topological polar surface area (TPSA) is 66.8 Å². The van der Waals surface area contributed by atoms with Crippen LogP contribution in [0.3, 0.4) is 0 Å². The van der Waals surface area contributed by atoms with Gasteiger partial charge in [0.25, 0.3) is 0 Å². The van der Waals surface area contributed by atoms with E-state index in [1.54, 1.807) is 6.08 Å². The summed E-state index contributed by atoms with van der Waals surface area (Å²) in [6.07, 6.45) is 3.25. The number of aliphatic hydroxyl groups excluding tert-OH is 1. The minimum atomic E-state index is -3.30. The standard InChI is InChI=1S/C15H21NO4S/c1-11-5-4-6-14(12(11)2)20-15-8-10-16(21(3,18)19)9-7-13(15)17/h4-6,8,10,13,15,17H,7,9H2,1-3H3/t13-,15-/m1/s1. The van der Waals surface area contributed by atoms with Gasteiger partial charge in [0.15, 0.2) is 0 Å². The maximum Gasteiger partial charge on any atom is 0.231 e. The molecule has 0 fully saturated rings. The second-order valence-corrected chi connectivity index (χ2v) is 7.29. The fourth-order valence-electron chi connectivity index (χ4n) is 2.20. The van der Waals surface area contributed by atoms with Gasteiger partial charge in [-0.25, -0.2) is 8.42 Å². The summed E-state index contributed by atoms with van der Waals surface area (Å²) in [6, 6.07) is 5.74. The molecule has 0 saturated heterocycles. The molecule has 21 heavy (non-hydrogen) atoms. The second-order valence-electron chi connectivity index (χ2n) is 5.35. The molecule has 116 valence electrons. The van der Waals surface area contributed by atoms with Crippen molar-refractivity contribution in [1.29, 1.82) is 0 Å². The van der Waals surface area contributed by atoms with Crippen molar-refractivity contribution in [3.05, 3.63) is 41.6 Å². The molecule has 1 N–H and O–H groups in total. The van der Waals surface area contributed by atoms with Gasteiger partial charge in [0, 0.05) is 12.7 Å². The molecule has 1 aliphatic rings. The lowest BCUT2D eigenvalue weighted by Gasteiger charge is -2.21. The van der Waals surface area contributed by atoms with Gasteiger partial charge >= 0.3 is 0 Å². The molecule has 0 saturated carbocycles. The molecule has 0 aliphatic carbocycles. The quantitative estimate of drug-likeness (QED) is 0.920. The Labute approximate surface area is 125 Å². The summed E-state index contributed by atoms with van der Waals surface area (Å²) in [5.41, 5.74) is 2.12. The largest absolute Gasteiger partial charge is 0.483 e. The number of aliphatic hydroxyl groups is 1. The molecule has 0 aromatic heterocycles. The van der Waals surface area contributed by atoms with Gasteiger partial charge in [-0.3, -0.25) is 4.31 Å². The molecule has 1 aliphatic heterocycles. The highest BCUT2D eigenvalue weighted by molar-refractivity contribution is 7.88. The maximum atomic E-state index is 11.6. The third-order valence-electron chi connectivity index (χ3n) is 3.71. The Hall–Kier alpha value is -1.53. The fraction of sp³-hybridized carbons (Fsp3) is 0.467. The van der Waals surface area contributed by atoms with Crippen LogP contribution in [0.4, 0.5) is 0 Å². The van der Waals surface area contributed by atoms with E-state index in [4.69, 9.17) is 4.74 Å². The highest BCUT2D eigenvalue weighted by Gasteiger charge is 2.25. The average molecular weight is 311 g/mol. The first-order valence-corrected chi connectivity index (χ1v) is 8.70. The molecule has 0 bridgehead atoms. The van der Waals surface area contributed by atoms with Crippen LogP contribution < -0.4 is 4.74 Å². The molecule has 2 rings (SSSR count). The van der Waals surface area contributed by atoms with Crippen LogP contribution in [0.15, 0.2) is 30.5 Å². The third kappa shape index (κ3) is 3.77. The zero-order valence-electron chi connectivity index (χ0n) is 12.5. The zero-order chi connectivity index (χ0) is 15.6. The maximum absolute atomic E-state index is 11.6. The SMILES string of the molecule is Cc1cccc(O[C@@H]2C=CN(S(C)(=O)=O)CC[C@H]2O)c1C. The van der Waals surface area contributed by atoms with Crippen LogP contribution in [0.1, 0.15) is 17.5 Å². The number of rotatable bonds is 3. The number of ether oxygens (including phenoxy) is 1. The van der Waals surface area contributed by atoms with Crippen LogP contribution in [0.25, 0.3) is 0 Å². The molecule has 1 aromatic carbocycles. The molecule has 0 unspecified atom stereocenters. The smallest absolute Gasteiger partial charge is 0.231 e. The Balaban J connectivity index is 2.21. The van der Waals surface area contributed by atoms with Gasteiger partial charge in [0.05, 0.1) is 12.4 Å². The van der Waals surface area contributed by atoms with Gasteiger partial charge < -0.3 is 9.84 Å². The zero-order valence-corrected chi connectivity index (χ0v) is 13.3. The number of aryl methyl sites for hydroxylation is 1. The van der Waals surface area contributed by atoms with E-state index in [9.17, 15) is 13.5 Å². The summed E-state index contributed by atoms with van der Waals surface area (Å²) in [7, 11) is -3.30. The molecule has 1 heterocycles. The van der Waals surface area contributed by atoms with Crippen LogP contribution in [0.5, 0.6) is 5.75 Å². The average Bonchev–Trinajstić information content (AvgIpc) is 2.57. The molecule has 1 aromatic rings. The van der Waals surface area contributed by atoms with E-state index in [2.05, 4.69) is 0 Å². The van der Waals surface area contributed by atoms with Crippen molar-refractivity contribution in [3.63, 3.8) is 0 Å². The molecule has 0 spiro atoms. The number of nitrogens with zero attached hydrogens (tertiary/aromatic N) is 1. The van der Waals surface area contributed by atoms with Crippen molar-refractivity contribution in [2.45, 2.75) is 32.5 Å². The first kappa shape index (κ1) is 15.9. The van der Waals surface area contributed by atoms with Crippen LogP contribution in [-0.2, 0) is 10.0 Å². The Morgan fingerprint density at radius 2 is 2.05 bits per heavy atom. The normalized spacial score (nSPS) is 23.0. The minimum Gasteiger partial charge on any atom is -0.483 e. The number of hydrogen-bond acceptors (Lipinski definition) is 4. The lowest BCUT2D eigenvalue weighted by Crippen LogP contribution is -2.31. The van der Waals surface area contributed by atoms with E-state index < -0.39 is 22.2 Å². The van der Waals surface area contributed by atoms with Gasteiger partial charge in [-0.15, -0.1) is 0 Å². The Morgan fingerprint density at radius 3 is 2.71 bits per heavy atom. The summed E-state index contributed by atoms with van der Waals surface area (Å²) in [5.74, 6) is 0.705. The van der Waals surface area contributed by atoms with Crippen LogP contribution >= 0.6 is 0 Å². The van der Waals surface area contributed by atoms with E-state index in [0.29, 0.717) is 12.2 Å². The molecule has 0 amide bonds. The highest BCUT2D eigenvalue weighted by atomic mass is 32.2. The summed E-state index contributed by atoms with van der Waals surface area (Å²) in [5, 5.41) is 10.2. The predicted octanol–water partition coefficient (Wildman–Crippen LogP) is 1.59. The monoisotopic (exact) mass is 311 g/mol. The van der Waals surface area contributed by atoms with Gasteiger partial charge in [0.2, 0.25) is 10.0 Å². The Morgan fingerprint density at radius 1 is 1.33 bits per heavy atom. The van der Waals surface area contributed by atoms with Gasteiger partial charge in [-0.2, -0.15) is 0 Å². The third-order valence-corrected chi connectivity index (χ3v) is 4.87. The van der Waals surface area contributed by atoms with Crippen molar-refractivity contribution in [1.82, 2.24) is 4.31 Å². The van der Waals surface area contributed by atoms with E-state index in [1.807, 2.05) is 32.0 Å². The fourth-order valence-corrected chi connectivity index (χ4v) is 2.93. The van der Waals surface area contributed by atoms with Crippen LogP contribution in [-0.4, -0.2) is 42.8 Å². The van der Waals surface area contributed by atoms with E-state index in [1.165, 1.54) is 10.5 Å². The van der Waals surface area contributed by atoms with Crippen molar-refractivity contribution >= 4 is 10.0 Å². The summed E-state index contributed by atoms with van der Waals surface area (Å²) in [4.78, 5) is 0. The minimum absolute atomic E-state index is 0.253. The Bertz CT molecular complexity index is 639. The number of benzene rings is 1. The number of hydrogen-bond donors (Lipinski definition) is 1. The van der Waals surface area contributed by atoms with E-state index in [0.717, 1.165) is 17.4 Å². The lowest BCUT2D eigenvalue weighted by molar-refractivity contribution is 0.0594. The van der Waals surface area contributed by atoms with Crippen molar-refractivity contribution in [2.24, 2.45) is 0 Å². The summed E-state index contributed by atoms with van der Waals surface area (Å²) < 4.78 is 30.2. The second kappa shape index (κ2) is 6.07. The van der Waals surface area contributed by atoms with Gasteiger partial charge in [0.1, 0.15) is 11.9 Å². The lowest BCUT2D eigenvalue weighted by atomic mass is 10.1. The Kier molecular flexibility index (Phi) is 4.58. The van der Waals surface area contributed by atoms with E-state index in [-0.39, 0.29) is 6.54 Å². The molecule has 5 nitrogen and oxygen atoms in total. The van der Waals surface area contributed by atoms with Crippen molar-refractivity contribution in [2.75, 3.05) is 12.8 Å². The van der Waals surface area contributed by atoms with Gasteiger partial charge in [-0.1, -0.05) is 12.1 Å². The molecule has 6 heteroatoms. The predicted molar refractivity (Wildman–Crippen MR) is 81.6 cm³/mol. The van der Waals surface area contributed by atoms with Gasteiger partial charge in [-0.05, 0) is 43.5 Å². The van der Waals surface area contributed by atoms with Crippen LogP contribution in [0.2, 0.25) is 0 Å². The van der Waals surface area contributed by atoms with Crippen molar-refractivity contribution < 1.29 is 18.3 Å². The number of sulfonamides is 1. The first-order chi connectivity index (χ1) is 9.79. The summed E-state index contributed by atoms with van der Waals surface area (Å²) in [6.45, 7) is 4.20. The molecular weight excluding hydrogens is 290 g/mol. The molecule has 0 radical (unpaired) electrons.